The van der Waals surface area contributed by atoms with Crippen molar-refractivity contribution in [2.24, 2.45) is 0 Å². The second kappa shape index (κ2) is 7.37. The number of fused-ring (bicyclic) bond motifs is 1. The lowest BCUT2D eigenvalue weighted by atomic mass is 9.81. The van der Waals surface area contributed by atoms with Crippen molar-refractivity contribution in [2.45, 2.75) is 24.8 Å². The normalized spacial score (nSPS) is 21.2. The number of benzene rings is 2. The molecule has 2 heterocycles. The number of allylic oxidation sites excluding steroid dienone is 1. The molecule has 2 atom stereocenters. The average Bonchev–Trinajstić information content (AvgIpc) is 3.17. The van der Waals surface area contributed by atoms with Crippen molar-refractivity contribution in [1.82, 2.24) is 0 Å². The van der Waals surface area contributed by atoms with Crippen molar-refractivity contribution < 1.29 is 4.79 Å². The Morgan fingerprint density at radius 2 is 1.71 bits per heavy atom. The Kier molecular flexibility index (Phi) is 4.72. The number of rotatable bonds is 2. The maximum Gasteiger partial charge on any atom is 0.163 e. The van der Waals surface area contributed by atoms with Crippen LogP contribution in [-0.2, 0) is 4.79 Å². The number of Topliss-reactive ketones (excluding diaryl/α,β-unsaturated/α-hetero) is 1. The summed E-state index contributed by atoms with van der Waals surface area (Å²) in [6, 6.07) is 20.6. The maximum atomic E-state index is 13.4. The van der Waals surface area contributed by atoms with E-state index in [1.807, 2.05) is 24.3 Å². The molecule has 28 heavy (non-hydrogen) atoms. The molecule has 1 aliphatic heterocycles. The Balaban J connectivity index is 1.65. The molecule has 0 fully saturated rings. The second-order valence-electron chi connectivity index (χ2n) is 7.21. The molecule has 2 N–H and O–H groups in total. The zero-order chi connectivity index (χ0) is 19.1. The molecule has 1 aromatic heterocycles. The minimum absolute atomic E-state index is 0.143. The van der Waals surface area contributed by atoms with E-state index in [2.05, 4.69) is 75.0 Å². The molecule has 3 nitrogen and oxygen atoms in total. The van der Waals surface area contributed by atoms with Crippen LogP contribution in [0.2, 0.25) is 0 Å². The molecule has 0 unspecified atom stereocenters. The van der Waals surface area contributed by atoms with Crippen LogP contribution in [-0.4, -0.2) is 5.78 Å². The van der Waals surface area contributed by atoms with Gasteiger partial charge < -0.3 is 10.6 Å². The van der Waals surface area contributed by atoms with Crippen molar-refractivity contribution >= 4 is 51.1 Å². The Morgan fingerprint density at radius 1 is 0.929 bits per heavy atom. The van der Waals surface area contributed by atoms with Gasteiger partial charge in [-0.25, -0.2) is 0 Å². The van der Waals surface area contributed by atoms with E-state index in [1.165, 1.54) is 4.88 Å². The van der Waals surface area contributed by atoms with E-state index < -0.39 is 0 Å². The van der Waals surface area contributed by atoms with Gasteiger partial charge in [-0.05, 0) is 64.2 Å². The third-order valence-electron chi connectivity index (χ3n) is 5.47. The lowest BCUT2D eigenvalue weighted by Gasteiger charge is -2.29. The van der Waals surface area contributed by atoms with Crippen LogP contribution in [0.3, 0.4) is 0 Å². The summed E-state index contributed by atoms with van der Waals surface area (Å²) in [5, 5.41) is 9.35. The minimum atomic E-state index is -0.143. The number of nitrogens with one attached hydrogen (secondary N) is 2. The number of para-hydroxylation sites is 2. The van der Waals surface area contributed by atoms with E-state index in [-0.39, 0.29) is 17.7 Å². The lowest BCUT2D eigenvalue weighted by Crippen LogP contribution is -2.27. The first-order chi connectivity index (χ1) is 13.7. The molecular weight excluding hydrogens is 479 g/mol. The highest BCUT2D eigenvalue weighted by molar-refractivity contribution is 14.1. The quantitative estimate of drug-likeness (QED) is 0.406. The number of ketones is 1. The highest BCUT2D eigenvalue weighted by Gasteiger charge is 2.36. The molecule has 5 heteroatoms. The summed E-state index contributed by atoms with van der Waals surface area (Å²) in [5.41, 5.74) is 5.15. The first-order valence-electron chi connectivity index (χ1n) is 9.37. The summed E-state index contributed by atoms with van der Waals surface area (Å²) in [5.74, 6) is 0.483. The van der Waals surface area contributed by atoms with Crippen LogP contribution in [0.1, 0.15) is 35.2 Å². The molecule has 1 aliphatic carbocycles. The van der Waals surface area contributed by atoms with Crippen LogP contribution >= 0.6 is 33.9 Å². The number of anilines is 2. The van der Waals surface area contributed by atoms with Crippen LogP contribution in [0.15, 0.2) is 77.3 Å². The van der Waals surface area contributed by atoms with Gasteiger partial charge in [0.1, 0.15) is 0 Å². The average molecular weight is 498 g/mol. The maximum absolute atomic E-state index is 13.4. The molecule has 0 spiro atoms. The Hall–Kier alpha value is -2.12. The second-order valence-corrected chi connectivity index (χ2v) is 9.35. The molecule has 0 radical (unpaired) electrons. The highest BCUT2D eigenvalue weighted by atomic mass is 127. The Labute approximate surface area is 182 Å². The van der Waals surface area contributed by atoms with E-state index in [0.717, 1.165) is 38.2 Å². The highest BCUT2D eigenvalue weighted by Crippen LogP contribution is 2.45. The van der Waals surface area contributed by atoms with Gasteiger partial charge in [-0.3, -0.25) is 4.79 Å². The van der Waals surface area contributed by atoms with Crippen LogP contribution in [0, 0.1) is 3.57 Å². The third kappa shape index (κ3) is 3.16. The predicted octanol–water partition coefficient (Wildman–Crippen LogP) is 6.33. The van der Waals surface area contributed by atoms with Crippen LogP contribution < -0.4 is 10.6 Å². The number of carbonyl (C=O) groups excluding carboxylic acids is 1. The smallest absolute Gasteiger partial charge is 0.163 e. The molecule has 2 aromatic carbocycles. The summed E-state index contributed by atoms with van der Waals surface area (Å²) in [7, 11) is 0. The number of thiophene rings is 1. The van der Waals surface area contributed by atoms with Gasteiger partial charge in [0.25, 0.3) is 0 Å². The summed E-state index contributed by atoms with van der Waals surface area (Å²) < 4.78 is 1.16. The molecule has 0 bridgehead atoms. The number of carbonyl (C=O) groups is 1. The molecule has 0 saturated heterocycles. The van der Waals surface area contributed by atoms with Gasteiger partial charge in [0.15, 0.2) is 5.78 Å². The van der Waals surface area contributed by atoms with Gasteiger partial charge in [0.05, 0.1) is 17.4 Å². The predicted molar refractivity (Wildman–Crippen MR) is 124 cm³/mol. The van der Waals surface area contributed by atoms with Crippen molar-refractivity contribution in [3.05, 3.63) is 91.3 Å². The molecule has 140 valence electrons. The largest absolute Gasteiger partial charge is 0.372 e. The molecule has 2 aliphatic rings. The van der Waals surface area contributed by atoms with Gasteiger partial charge >= 0.3 is 0 Å². The van der Waals surface area contributed by atoms with E-state index in [9.17, 15) is 4.79 Å². The zero-order valence-corrected chi connectivity index (χ0v) is 18.1. The number of hydrogen-bond donors (Lipinski definition) is 2. The van der Waals surface area contributed by atoms with Gasteiger partial charge in [-0.2, -0.15) is 0 Å². The summed E-state index contributed by atoms with van der Waals surface area (Å²) in [6.45, 7) is 0. The third-order valence-corrected chi connectivity index (χ3v) is 7.49. The van der Waals surface area contributed by atoms with Crippen molar-refractivity contribution in [3.8, 4) is 0 Å². The topological polar surface area (TPSA) is 41.1 Å². The zero-order valence-electron chi connectivity index (χ0n) is 15.1. The first-order valence-corrected chi connectivity index (χ1v) is 11.3. The molecular formula is C23H19IN2OS. The van der Waals surface area contributed by atoms with Crippen molar-refractivity contribution in [3.63, 3.8) is 0 Å². The van der Waals surface area contributed by atoms with E-state index in [1.54, 1.807) is 11.3 Å². The van der Waals surface area contributed by atoms with Crippen LogP contribution in [0.5, 0.6) is 0 Å². The lowest BCUT2D eigenvalue weighted by molar-refractivity contribution is -0.116. The summed E-state index contributed by atoms with van der Waals surface area (Å²) >= 11 is 4.11. The SMILES string of the molecule is O=C1C[C@H](c2cccs2)CC2=C1[C@@H](c1ccccc1I)Nc1ccccc1N2. The molecule has 5 rings (SSSR count). The molecule has 0 saturated carbocycles. The molecule has 0 amide bonds. The monoisotopic (exact) mass is 498 g/mol. The fourth-order valence-electron chi connectivity index (χ4n) is 4.16. The van der Waals surface area contributed by atoms with E-state index in [4.69, 9.17) is 0 Å². The van der Waals surface area contributed by atoms with Crippen molar-refractivity contribution in [1.29, 1.82) is 0 Å². The van der Waals surface area contributed by atoms with Crippen LogP contribution in [0.4, 0.5) is 11.4 Å². The first kappa shape index (κ1) is 17.9. The van der Waals surface area contributed by atoms with Gasteiger partial charge in [0.2, 0.25) is 0 Å². The van der Waals surface area contributed by atoms with E-state index >= 15 is 0 Å². The number of halogens is 1. The summed E-state index contributed by atoms with van der Waals surface area (Å²) in [4.78, 5) is 14.7. The van der Waals surface area contributed by atoms with Gasteiger partial charge in [-0.15, -0.1) is 11.3 Å². The fraction of sp³-hybridized carbons (Fsp3) is 0.174. The summed E-state index contributed by atoms with van der Waals surface area (Å²) in [6.07, 6.45) is 1.43. The Morgan fingerprint density at radius 3 is 2.50 bits per heavy atom. The minimum Gasteiger partial charge on any atom is -0.372 e. The van der Waals surface area contributed by atoms with Gasteiger partial charge in [0, 0.05) is 32.1 Å². The fourth-order valence-corrected chi connectivity index (χ4v) is 5.69. The molecule has 3 aromatic rings. The number of hydrogen-bond acceptors (Lipinski definition) is 4. The standard InChI is InChI=1S/C23H19IN2OS/c24-16-7-2-1-6-15(16)23-22-19(25-17-8-3-4-9-18(17)26-23)12-14(13-20(22)27)21-10-5-11-28-21/h1-11,14,23,25-26H,12-13H2/t14-,23-/m1/s1. The Bertz CT molecular complexity index is 1070. The van der Waals surface area contributed by atoms with E-state index in [0.29, 0.717) is 6.42 Å². The van der Waals surface area contributed by atoms with Gasteiger partial charge in [-0.1, -0.05) is 36.4 Å². The van der Waals surface area contributed by atoms with Crippen molar-refractivity contribution in [2.75, 3.05) is 10.6 Å². The van der Waals surface area contributed by atoms with Crippen LogP contribution in [0.25, 0.3) is 0 Å².